The van der Waals surface area contributed by atoms with Crippen LogP contribution in [0.1, 0.15) is 101 Å². The van der Waals surface area contributed by atoms with Crippen LogP contribution in [-0.2, 0) is 50.2 Å². The van der Waals surface area contributed by atoms with Crippen LogP contribution >= 0.6 is 0 Å². The van der Waals surface area contributed by atoms with Crippen LogP contribution < -0.4 is 20.7 Å². The first-order chi connectivity index (χ1) is 29.8. The zero-order valence-corrected chi connectivity index (χ0v) is 38.0. The van der Waals surface area contributed by atoms with Crippen molar-refractivity contribution in [1.82, 2.24) is 29.8 Å². The number of amides is 1. The van der Waals surface area contributed by atoms with Crippen LogP contribution in [0.25, 0.3) is 11.3 Å². The van der Waals surface area contributed by atoms with E-state index in [-0.39, 0.29) is 11.8 Å². The van der Waals surface area contributed by atoms with E-state index in [9.17, 15) is 27.9 Å². The largest absolute Gasteiger partial charge is 0.480 e. The lowest BCUT2D eigenvalue weighted by molar-refractivity contribution is -0.144. The van der Waals surface area contributed by atoms with Crippen molar-refractivity contribution >= 4 is 39.5 Å². The lowest BCUT2D eigenvalue weighted by Crippen LogP contribution is -2.48. The molecular formula is C46H68N8O7S. The zero-order valence-electron chi connectivity index (χ0n) is 37.2. The van der Waals surface area contributed by atoms with Gasteiger partial charge in [0, 0.05) is 56.4 Å². The van der Waals surface area contributed by atoms with Crippen LogP contribution in [0.5, 0.6) is 0 Å². The van der Waals surface area contributed by atoms with Gasteiger partial charge in [0.15, 0.2) is 0 Å². The lowest BCUT2D eigenvalue weighted by Gasteiger charge is -2.33. The molecule has 1 aromatic carbocycles. The van der Waals surface area contributed by atoms with Gasteiger partial charge in [-0.05, 0) is 139 Å². The molecule has 2 fully saturated rings. The number of nitrogens with one attached hydrogen (secondary N) is 4. The van der Waals surface area contributed by atoms with Crippen molar-refractivity contribution in [1.29, 1.82) is 0 Å². The molecule has 15 nitrogen and oxygen atoms in total. The number of sulfonamides is 1. The molecule has 16 heteroatoms. The van der Waals surface area contributed by atoms with E-state index in [1.54, 1.807) is 13.8 Å². The van der Waals surface area contributed by atoms with Crippen molar-refractivity contribution in [3.63, 3.8) is 0 Å². The average Bonchev–Trinajstić information content (AvgIpc) is 3.30. The molecule has 4 aliphatic heterocycles. The monoisotopic (exact) mass is 876 g/mol. The van der Waals surface area contributed by atoms with E-state index in [1.807, 2.05) is 35.8 Å². The fourth-order valence-electron chi connectivity index (χ4n) is 8.41. The van der Waals surface area contributed by atoms with Gasteiger partial charge in [-0.15, -0.1) is 0 Å². The molecule has 4 aliphatic rings. The molecule has 6 N–H and O–H groups in total. The summed E-state index contributed by atoms with van der Waals surface area (Å²) in [5.74, 6) is 0.246. The highest BCUT2D eigenvalue weighted by Gasteiger charge is 2.33. The number of fused-ring (bicyclic) bond motifs is 2. The second-order valence-electron chi connectivity index (χ2n) is 16.6. The lowest BCUT2D eigenvalue weighted by atomic mass is 9.94. The number of nitrogens with zero attached hydrogens (tertiary/aromatic N) is 4. The van der Waals surface area contributed by atoms with Crippen LogP contribution in [0.4, 0.5) is 11.6 Å². The van der Waals surface area contributed by atoms with Gasteiger partial charge < -0.3 is 26.2 Å². The van der Waals surface area contributed by atoms with Crippen molar-refractivity contribution in [2.45, 2.75) is 123 Å². The predicted octanol–water partition coefficient (Wildman–Crippen LogP) is 5.47. The van der Waals surface area contributed by atoms with Gasteiger partial charge >= 0.3 is 11.9 Å². The van der Waals surface area contributed by atoms with Gasteiger partial charge in [0.05, 0.1) is 10.9 Å². The molecule has 6 heterocycles. The summed E-state index contributed by atoms with van der Waals surface area (Å²) in [5.41, 5.74) is 7.73. The first kappa shape index (κ1) is 48.4. The summed E-state index contributed by atoms with van der Waals surface area (Å²) in [6, 6.07) is 13.6. The number of piperidine rings is 2. The van der Waals surface area contributed by atoms with E-state index >= 15 is 0 Å². The molecule has 3 aromatic rings. The SMILES string of the molecule is CC.CC(C(=O)O)N1CCC(S(=O)(=O)NCCCc2ccc3c(n2)NCCC3)CC1.Cc1ccc(CNC(=O)C2CCN(C(C)C(=O)O)CC2)cc1-c1ccc2c(n1)NCCC2. The molecule has 0 bridgehead atoms. The Morgan fingerprint density at radius 3 is 1.97 bits per heavy atom. The normalized spacial score (nSPS) is 18.1. The minimum atomic E-state index is -3.38. The van der Waals surface area contributed by atoms with E-state index in [0.717, 1.165) is 84.9 Å². The van der Waals surface area contributed by atoms with Crippen molar-refractivity contribution in [2.75, 3.05) is 56.4 Å². The molecule has 2 atom stereocenters. The summed E-state index contributed by atoms with van der Waals surface area (Å²) in [5, 5.41) is 27.6. The topological polar surface area (TPSA) is 206 Å². The average molecular weight is 877 g/mol. The summed E-state index contributed by atoms with van der Waals surface area (Å²) in [4.78, 5) is 48.2. The summed E-state index contributed by atoms with van der Waals surface area (Å²) < 4.78 is 27.8. The zero-order chi connectivity index (χ0) is 44.8. The third-order valence-electron chi connectivity index (χ3n) is 12.4. The molecule has 0 saturated carbocycles. The Labute approximate surface area is 367 Å². The maximum atomic E-state index is 12.7. The number of likely N-dealkylation sites (tertiary alicyclic amines) is 2. The van der Waals surface area contributed by atoms with E-state index in [4.69, 9.17) is 10.1 Å². The Kier molecular flexibility index (Phi) is 18.1. The van der Waals surface area contributed by atoms with Crippen molar-refractivity contribution in [3.05, 3.63) is 70.4 Å². The molecule has 62 heavy (non-hydrogen) atoms. The highest BCUT2D eigenvalue weighted by Crippen LogP contribution is 2.28. The van der Waals surface area contributed by atoms with E-state index in [0.29, 0.717) is 71.4 Å². The van der Waals surface area contributed by atoms with Crippen LogP contribution in [-0.4, -0.2) is 119 Å². The number of carboxylic acids is 2. The summed E-state index contributed by atoms with van der Waals surface area (Å²) in [6.07, 6.45) is 8.11. The maximum absolute atomic E-state index is 12.7. The highest BCUT2D eigenvalue weighted by atomic mass is 32.2. The smallest absolute Gasteiger partial charge is 0.320 e. The molecule has 2 aromatic heterocycles. The Morgan fingerprint density at radius 1 is 0.806 bits per heavy atom. The van der Waals surface area contributed by atoms with Gasteiger partial charge in [-0.2, -0.15) is 0 Å². The predicted molar refractivity (Wildman–Crippen MR) is 244 cm³/mol. The minimum absolute atomic E-state index is 0.0471. The Hall–Kier alpha value is -4.64. The number of carbonyl (C=O) groups is 3. The number of aliphatic carboxylic acids is 2. The first-order valence-corrected chi connectivity index (χ1v) is 24.1. The van der Waals surface area contributed by atoms with E-state index < -0.39 is 39.3 Å². The Morgan fingerprint density at radius 2 is 1.37 bits per heavy atom. The number of aryl methyl sites for hydroxylation is 4. The number of rotatable bonds is 14. The maximum Gasteiger partial charge on any atom is 0.320 e. The standard InChI is InChI=1S/C25H32N4O3.C19H30N4O4S.C2H6/c1-16-5-6-18(14-21(16)22-8-7-19-4-3-11-26-23(19)28-22)15-27-24(30)20-9-12-29(13-10-20)17(2)25(31)32;1-14(19(24)25)23-12-8-17(9-13-23)28(26,27)21-11-3-5-16-7-6-15-4-2-10-20-18(15)22-16;1-2/h5-8,14,17,20H,3-4,9-13,15H2,1-2H3,(H,26,28)(H,27,30)(H,31,32);6-7,14,17,21H,2-5,8-13H2,1H3,(H,20,22)(H,24,25);1-2H3. The third-order valence-corrected chi connectivity index (χ3v) is 14.4. The summed E-state index contributed by atoms with van der Waals surface area (Å²) >= 11 is 0. The fraction of sp³-hybridized carbons (Fsp3) is 0.587. The number of carbonyl (C=O) groups excluding carboxylic acids is 1. The third kappa shape index (κ3) is 13.2. The molecule has 2 saturated heterocycles. The Balaban J connectivity index is 0.000000227. The molecule has 2 unspecified atom stereocenters. The van der Waals surface area contributed by atoms with Gasteiger partial charge in [0.1, 0.15) is 23.7 Å². The molecule has 0 aliphatic carbocycles. The van der Waals surface area contributed by atoms with Gasteiger partial charge in [-0.25, -0.2) is 23.1 Å². The van der Waals surface area contributed by atoms with Gasteiger partial charge in [0.25, 0.3) is 0 Å². The van der Waals surface area contributed by atoms with Crippen LogP contribution in [0.3, 0.4) is 0 Å². The van der Waals surface area contributed by atoms with Crippen LogP contribution in [0, 0.1) is 12.8 Å². The Bertz CT molecular complexity index is 2080. The van der Waals surface area contributed by atoms with E-state index in [1.165, 1.54) is 11.1 Å². The van der Waals surface area contributed by atoms with Gasteiger partial charge in [-0.1, -0.05) is 38.1 Å². The number of aromatic nitrogens is 2. The number of pyridine rings is 2. The second-order valence-corrected chi connectivity index (χ2v) is 18.6. The number of hydrogen-bond acceptors (Lipinski definition) is 11. The van der Waals surface area contributed by atoms with Gasteiger partial charge in [-0.3, -0.25) is 24.2 Å². The van der Waals surface area contributed by atoms with Crippen molar-refractivity contribution < 1.29 is 33.0 Å². The molecule has 340 valence electrons. The molecule has 0 spiro atoms. The molecule has 1 amide bonds. The molecule has 7 rings (SSSR count). The number of carboxylic acid groups (broad SMARTS) is 2. The van der Waals surface area contributed by atoms with Gasteiger partial charge in [0.2, 0.25) is 15.9 Å². The summed E-state index contributed by atoms with van der Waals surface area (Å²) in [7, 11) is -3.38. The van der Waals surface area contributed by atoms with E-state index in [2.05, 4.69) is 62.9 Å². The van der Waals surface area contributed by atoms with Crippen molar-refractivity contribution in [2.24, 2.45) is 5.92 Å². The molecular weight excluding hydrogens is 809 g/mol. The number of benzene rings is 1. The second kappa shape index (κ2) is 23.2. The van der Waals surface area contributed by atoms with Crippen molar-refractivity contribution in [3.8, 4) is 11.3 Å². The number of hydrogen-bond donors (Lipinski definition) is 6. The van der Waals surface area contributed by atoms with Crippen LogP contribution in [0.2, 0.25) is 0 Å². The number of anilines is 2. The van der Waals surface area contributed by atoms with Crippen LogP contribution in [0.15, 0.2) is 42.5 Å². The first-order valence-electron chi connectivity index (χ1n) is 22.6. The molecule has 0 radical (unpaired) electrons. The quantitative estimate of drug-likeness (QED) is 0.111. The minimum Gasteiger partial charge on any atom is -0.480 e. The summed E-state index contributed by atoms with van der Waals surface area (Å²) in [6.45, 7) is 14.5. The highest BCUT2D eigenvalue weighted by molar-refractivity contribution is 7.90. The fourth-order valence-corrected chi connectivity index (χ4v) is 9.91.